The molecule has 1 aromatic heterocycles. The van der Waals surface area contributed by atoms with Crippen LogP contribution in [0.25, 0.3) is 22.5 Å². The van der Waals surface area contributed by atoms with E-state index in [-0.39, 0.29) is 21.1 Å². The predicted molar refractivity (Wildman–Crippen MR) is 146 cm³/mol. The van der Waals surface area contributed by atoms with E-state index in [0.717, 1.165) is 39.6 Å². The van der Waals surface area contributed by atoms with Gasteiger partial charge in [0.25, 0.3) is 0 Å². The maximum atomic E-state index is 6.15. The molecule has 7 heteroatoms. The van der Waals surface area contributed by atoms with Crippen LogP contribution in [0.4, 0.5) is 5.69 Å². The summed E-state index contributed by atoms with van der Waals surface area (Å²) in [5, 5.41) is 11.3. The van der Waals surface area contributed by atoms with E-state index in [9.17, 15) is 0 Å². The Labute approximate surface area is 237 Å². The van der Waals surface area contributed by atoms with E-state index in [1.165, 1.54) is 0 Å². The van der Waals surface area contributed by atoms with E-state index in [1.807, 2.05) is 115 Å². The second-order valence-corrected chi connectivity index (χ2v) is 8.70. The summed E-state index contributed by atoms with van der Waals surface area (Å²) in [6, 6.07) is 40.6. The van der Waals surface area contributed by atoms with Gasteiger partial charge in [-0.3, -0.25) is 4.68 Å². The molecular weight excluding hydrogens is 653 g/mol. The van der Waals surface area contributed by atoms with Crippen molar-refractivity contribution in [3.8, 4) is 34.0 Å². The van der Waals surface area contributed by atoms with Gasteiger partial charge in [-0.05, 0) is 12.6 Å². The molecule has 0 amide bonds. The second-order valence-electron chi connectivity index (χ2n) is 8.70. The van der Waals surface area contributed by atoms with E-state index in [1.54, 1.807) is 5.01 Å². The Morgan fingerprint density at radius 3 is 2.13 bits per heavy atom. The third kappa shape index (κ3) is 5.27. The minimum absolute atomic E-state index is 0. The molecule has 4 aromatic carbocycles. The molecule has 6 rings (SSSR count). The van der Waals surface area contributed by atoms with E-state index in [0.29, 0.717) is 11.5 Å². The van der Waals surface area contributed by atoms with Crippen molar-refractivity contribution in [1.82, 2.24) is 14.7 Å². The van der Waals surface area contributed by atoms with Crippen molar-refractivity contribution in [2.75, 3.05) is 12.1 Å². The third-order valence-electron chi connectivity index (χ3n) is 6.06. The molecule has 0 N–H and O–H groups in total. The summed E-state index contributed by atoms with van der Waals surface area (Å²) in [7, 11) is 3.93. The van der Waals surface area contributed by atoms with Crippen LogP contribution >= 0.6 is 0 Å². The van der Waals surface area contributed by atoms with Crippen molar-refractivity contribution in [1.29, 1.82) is 0 Å². The Bertz CT molecular complexity index is 1570. The first-order valence-electron chi connectivity index (χ1n) is 12.0. The number of nitrogens with zero attached hydrogens (tertiary/aromatic N) is 5. The zero-order valence-corrected chi connectivity index (χ0v) is 23.1. The first kappa shape index (κ1) is 25.5. The number of hydrogen-bond donors (Lipinski definition) is 0. The van der Waals surface area contributed by atoms with Crippen LogP contribution in [0.5, 0.6) is 11.5 Å². The van der Waals surface area contributed by atoms with E-state index >= 15 is 0 Å². The molecule has 0 spiro atoms. The molecule has 38 heavy (non-hydrogen) atoms. The Kier molecular flexibility index (Phi) is 7.43. The molecule has 6 nitrogen and oxygen atoms in total. The normalized spacial score (nSPS) is 12.7. The Hall–Kier alpha value is -4.15. The van der Waals surface area contributed by atoms with E-state index < -0.39 is 0 Å². The van der Waals surface area contributed by atoms with Crippen LogP contribution in [0.3, 0.4) is 0 Å². The molecule has 1 aliphatic heterocycles. The number of hydrazone groups is 1. The molecule has 1 aliphatic rings. The standard InChI is InChI=1S/C31H24N5O.Pt/c1-34-22-36(33-31(34)24-13-7-4-8-14-24)26-16-10-18-28(20-26)37-27-17-9-15-25(19-27)29-21-30(35(2)32-29)23-11-5-3-6-12-23;/h3-18,21-22H,1-2H3;/q-3;. The molecule has 2 heterocycles. The molecule has 5 aromatic rings. The molecule has 192 valence electrons. The average Bonchev–Trinajstić information content (AvgIpc) is 3.53. The van der Waals surface area contributed by atoms with Crippen LogP contribution in [-0.2, 0) is 28.1 Å². The number of ether oxygens (including phenoxy) is 1. The summed E-state index contributed by atoms with van der Waals surface area (Å²) in [5.74, 6) is 2.04. The summed E-state index contributed by atoms with van der Waals surface area (Å²) < 4.78 is 8.04. The monoisotopic (exact) mass is 677 g/mol. The van der Waals surface area contributed by atoms with Crippen LogP contribution < -0.4 is 9.75 Å². The van der Waals surface area contributed by atoms with Crippen molar-refractivity contribution in [2.45, 2.75) is 0 Å². The number of rotatable bonds is 6. The summed E-state index contributed by atoms with van der Waals surface area (Å²) in [6.45, 7) is 1.93. The van der Waals surface area contributed by atoms with E-state index in [4.69, 9.17) is 14.9 Å². The van der Waals surface area contributed by atoms with Crippen LogP contribution in [-0.4, -0.2) is 27.6 Å². The maximum Gasteiger partial charge on any atom is 0.125 e. The fourth-order valence-electron chi connectivity index (χ4n) is 4.26. The minimum Gasteiger partial charge on any atom is -0.503 e. The van der Waals surface area contributed by atoms with Gasteiger partial charge in [0.1, 0.15) is 5.84 Å². The molecule has 0 unspecified atom stereocenters. The predicted octanol–water partition coefficient (Wildman–Crippen LogP) is 6.38. The van der Waals surface area contributed by atoms with Gasteiger partial charge in [-0.2, -0.15) is 11.2 Å². The van der Waals surface area contributed by atoms with Gasteiger partial charge < -0.3 is 14.6 Å². The van der Waals surface area contributed by atoms with Gasteiger partial charge in [0.05, 0.1) is 5.69 Å². The van der Waals surface area contributed by atoms with Crippen LogP contribution in [0.15, 0.2) is 108 Å². The van der Waals surface area contributed by atoms with Gasteiger partial charge in [0.15, 0.2) is 0 Å². The molecule has 0 saturated heterocycles. The van der Waals surface area contributed by atoms with Crippen molar-refractivity contribution >= 4 is 11.5 Å². The quantitative estimate of drug-likeness (QED) is 0.196. The minimum atomic E-state index is 0. The first-order chi connectivity index (χ1) is 18.1. The summed E-state index contributed by atoms with van der Waals surface area (Å²) in [5.41, 5.74) is 5.68. The molecule has 0 atom stereocenters. The van der Waals surface area contributed by atoms with Crippen molar-refractivity contribution in [3.63, 3.8) is 0 Å². The number of aromatic nitrogens is 2. The Morgan fingerprint density at radius 2 is 1.39 bits per heavy atom. The molecule has 0 aliphatic carbocycles. The van der Waals surface area contributed by atoms with Crippen molar-refractivity contribution in [2.24, 2.45) is 12.1 Å². The SMILES string of the molecule is CN1[CH-]N(c2[c-]c(Oc3[c-]c(-c4cc(-c5ccccc5)n(C)n4)ccc3)ccc2)N=C1c1ccccc1.[Pt]. The van der Waals surface area contributed by atoms with E-state index in [2.05, 4.69) is 30.3 Å². The number of aryl methyl sites for hydroxylation is 1. The Morgan fingerprint density at radius 1 is 0.737 bits per heavy atom. The third-order valence-corrected chi connectivity index (χ3v) is 6.06. The number of benzene rings is 4. The zero-order chi connectivity index (χ0) is 25.2. The van der Waals surface area contributed by atoms with Gasteiger partial charge in [-0.25, -0.2) is 5.10 Å². The molecule has 0 saturated carbocycles. The summed E-state index contributed by atoms with van der Waals surface area (Å²) >= 11 is 0. The first-order valence-corrected chi connectivity index (χ1v) is 12.0. The van der Waals surface area contributed by atoms with Crippen molar-refractivity contribution in [3.05, 3.63) is 127 Å². The molecular formula is C31H24N5OPt-3. The largest absolute Gasteiger partial charge is 0.503 e. The van der Waals surface area contributed by atoms with Gasteiger partial charge in [0.2, 0.25) is 0 Å². The number of anilines is 1. The van der Waals surface area contributed by atoms with Gasteiger partial charge >= 0.3 is 0 Å². The van der Waals surface area contributed by atoms with Gasteiger partial charge in [-0.1, -0.05) is 78.5 Å². The second kappa shape index (κ2) is 11.1. The number of amidine groups is 1. The van der Waals surface area contributed by atoms with Crippen LogP contribution in [0, 0.1) is 18.8 Å². The van der Waals surface area contributed by atoms with Gasteiger partial charge in [-0.15, -0.1) is 48.6 Å². The fourth-order valence-corrected chi connectivity index (χ4v) is 4.26. The molecule has 0 bridgehead atoms. The Balaban J connectivity index is 0.00000294. The topological polar surface area (TPSA) is 45.9 Å². The fraction of sp³-hybridized carbons (Fsp3) is 0.0645. The maximum absolute atomic E-state index is 6.15. The number of hydrogen-bond acceptors (Lipinski definition) is 5. The van der Waals surface area contributed by atoms with Crippen LogP contribution in [0.2, 0.25) is 0 Å². The smallest absolute Gasteiger partial charge is 0.125 e. The zero-order valence-electron chi connectivity index (χ0n) is 20.9. The summed E-state index contributed by atoms with van der Waals surface area (Å²) in [6.07, 6.45) is 0. The molecule has 0 radical (unpaired) electrons. The van der Waals surface area contributed by atoms with Crippen molar-refractivity contribution < 1.29 is 25.8 Å². The summed E-state index contributed by atoms with van der Waals surface area (Å²) in [4.78, 5) is 1.99. The van der Waals surface area contributed by atoms with Crippen LogP contribution in [0.1, 0.15) is 5.56 Å². The molecule has 0 fully saturated rings. The average molecular weight is 678 g/mol. The van der Waals surface area contributed by atoms with Gasteiger partial charge in [0, 0.05) is 50.9 Å².